The van der Waals surface area contributed by atoms with Gasteiger partial charge in [0.25, 0.3) is 23.9 Å². The van der Waals surface area contributed by atoms with E-state index in [-0.39, 0.29) is 0 Å². The van der Waals surface area contributed by atoms with E-state index in [0.717, 1.165) is 0 Å². The van der Waals surface area contributed by atoms with Crippen LogP contribution in [0.5, 0.6) is 0 Å². The SMILES string of the molecule is CCC(CC)(O[Si](C)(C)O[Si](C)(OC(C)=O)OC(C)=O)[Si](C)(C)O[C@](C)(CC)[Si](C)(C)O[Si](C)(OC(C)=O)OC(C)=O. The molecule has 0 unspecified atom stereocenters. The highest BCUT2D eigenvalue weighted by Crippen LogP contribution is 2.42. The molecule has 0 saturated carbocycles. The van der Waals surface area contributed by atoms with Crippen molar-refractivity contribution in [3.05, 3.63) is 0 Å². The molecule has 12 nitrogen and oxygen atoms in total. The van der Waals surface area contributed by atoms with E-state index >= 15 is 0 Å². The molecule has 0 aliphatic heterocycles. The van der Waals surface area contributed by atoms with Crippen LogP contribution in [0.15, 0.2) is 0 Å². The van der Waals surface area contributed by atoms with Crippen molar-refractivity contribution >= 4 is 66.7 Å². The maximum Gasteiger partial charge on any atom is 0.623 e. The number of hydrogen-bond donors (Lipinski definition) is 0. The minimum atomic E-state index is -3.71. The van der Waals surface area contributed by atoms with Crippen molar-refractivity contribution in [2.75, 3.05) is 0 Å². The smallest absolute Gasteiger partial charge is 0.465 e. The van der Waals surface area contributed by atoms with Crippen LogP contribution in [0.3, 0.4) is 0 Å². The van der Waals surface area contributed by atoms with Gasteiger partial charge in [0.1, 0.15) is 0 Å². The molecule has 246 valence electrons. The van der Waals surface area contributed by atoms with Gasteiger partial charge in [-0.25, -0.2) is 0 Å². The van der Waals surface area contributed by atoms with Gasteiger partial charge in [0.15, 0.2) is 0 Å². The van der Waals surface area contributed by atoms with Gasteiger partial charge in [0.05, 0.1) is 10.4 Å². The van der Waals surface area contributed by atoms with Gasteiger partial charge in [0.2, 0.25) is 16.6 Å². The highest BCUT2D eigenvalue weighted by molar-refractivity contribution is 6.85. The van der Waals surface area contributed by atoms with Gasteiger partial charge >= 0.3 is 26.2 Å². The fourth-order valence-electron chi connectivity index (χ4n) is 5.32. The molecule has 0 aliphatic carbocycles. The van der Waals surface area contributed by atoms with Crippen LogP contribution in [0.1, 0.15) is 74.7 Å². The van der Waals surface area contributed by atoms with E-state index < -0.39 is 77.1 Å². The maximum atomic E-state index is 11.9. The molecule has 0 radical (unpaired) electrons. The number of carbonyl (C=O) groups is 4. The van der Waals surface area contributed by atoms with Crippen molar-refractivity contribution in [2.45, 2.75) is 137 Å². The number of hydrogen-bond acceptors (Lipinski definition) is 12. The Morgan fingerprint density at radius 2 is 0.857 bits per heavy atom. The van der Waals surface area contributed by atoms with Crippen molar-refractivity contribution in [1.29, 1.82) is 0 Å². The summed E-state index contributed by atoms with van der Waals surface area (Å²) in [7, 11) is -16.3. The molecule has 0 aromatic rings. The molecule has 0 rings (SSSR count). The zero-order chi connectivity index (χ0) is 33.6. The average Bonchev–Trinajstić information content (AvgIpc) is 2.72. The Morgan fingerprint density at radius 3 is 1.14 bits per heavy atom. The lowest BCUT2D eigenvalue weighted by atomic mass is 10.2. The summed E-state index contributed by atoms with van der Waals surface area (Å²) in [5.74, 6) is -2.43. The number of carbonyl (C=O) groups excluding carboxylic acids is 4. The Morgan fingerprint density at radius 1 is 0.524 bits per heavy atom. The van der Waals surface area contributed by atoms with E-state index in [1.54, 1.807) is 0 Å². The molecule has 0 amide bonds. The lowest BCUT2D eigenvalue weighted by molar-refractivity contribution is -0.143. The van der Waals surface area contributed by atoms with E-state index in [1.165, 1.54) is 40.8 Å². The summed E-state index contributed by atoms with van der Waals surface area (Å²) in [4.78, 5) is 47.4. The summed E-state index contributed by atoms with van der Waals surface area (Å²) < 4.78 is 48.5. The normalized spacial score (nSPS) is 15.0. The van der Waals surface area contributed by atoms with Gasteiger partial charge in [0, 0.05) is 40.8 Å². The fourth-order valence-corrected chi connectivity index (χ4v) is 25.2. The molecule has 42 heavy (non-hydrogen) atoms. The first-order valence-corrected chi connectivity index (χ1v) is 27.3. The van der Waals surface area contributed by atoms with Gasteiger partial charge in [-0.15, -0.1) is 0 Å². The Labute approximate surface area is 257 Å². The molecule has 17 heteroatoms. The lowest BCUT2D eigenvalue weighted by Gasteiger charge is -2.54. The van der Waals surface area contributed by atoms with Gasteiger partial charge < -0.3 is 34.8 Å². The molecule has 1 atom stereocenters. The third-order valence-corrected chi connectivity index (χ3v) is 25.2. The summed E-state index contributed by atoms with van der Waals surface area (Å²) in [6, 6.07) is 0. The Hall–Kier alpha value is -1.20. The second-order valence-electron chi connectivity index (χ2n) is 12.2. The van der Waals surface area contributed by atoms with Gasteiger partial charge in [-0.05, 0) is 65.5 Å². The summed E-state index contributed by atoms with van der Waals surface area (Å²) in [5.41, 5.74) is 0. The average molecular weight is 687 g/mol. The fraction of sp³-hybridized carbons (Fsp3) is 0.840. The summed E-state index contributed by atoms with van der Waals surface area (Å²) >= 11 is 0. The molecule has 0 aromatic carbocycles. The van der Waals surface area contributed by atoms with E-state index in [4.69, 9.17) is 34.8 Å². The van der Waals surface area contributed by atoms with Crippen LogP contribution in [-0.2, 0) is 54.0 Å². The maximum absolute atomic E-state index is 11.9. The van der Waals surface area contributed by atoms with Crippen LogP contribution in [0.25, 0.3) is 0 Å². The minimum Gasteiger partial charge on any atom is -0.465 e. The van der Waals surface area contributed by atoms with Crippen LogP contribution in [0, 0.1) is 0 Å². The van der Waals surface area contributed by atoms with Crippen LogP contribution in [0.4, 0.5) is 0 Å². The predicted molar refractivity (Wildman–Crippen MR) is 169 cm³/mol. The molecule has 0 aromatic heterocycles. The highest BCUT2D eigenvalue weighted by Gasteiger charge is 2.60. The first kappa shape index (κ1) is 40.8. The quantitative estimate of drug-likeness (QED) is 0.182. The molecular weight excluding hydrogens is 633 g/mol. The summed E-state index contributed by atoms with van der Waals surface area (Å²) in [6.07, 6.45) is 1.76. The standard InChI is InChI=1S/C25H54O12Si5/c1-17-24(8,38(9,10)36-41(15,30-20(4)26)31-21(5)27)34-39(11,12)25(18-2,19-3)35-40(13,14)37-42(16,32-22(6)28)33-23(7)29/h17-19H2,1-16H3/t24-/m0/s1. The zero-order valence-electron chi connectivity index (χ0n) is 28.5. The molecule has 0 bridgehead atoms. The molecule has 0 aliphatic rings. The van der Waals surface area contributed by atoms with Crippen LogP contribution < -0.4 is 0 Å². The molecule has 0 fully saturated rings. The Balaban J connectivity index is 6.55. The molecular formula is C25H54O12Si5. The lowest BCUT2D eigenvalue weighted by Crippen LogP contribution is -2.70. The zero-order valence-corrected chi connectivity index (χ0v) is 33.5. The molecule has 0 heterocycles. The molecule has 0 spiro atoms. The second-order valence-corrected chi connectivity index (χ2v) is 29.3. The predicted octanol–water partition coefficient (Wildman–Crippen LogP) is 5.36. The summed E-state index contributed by atoms with van der Waals surface area (Å²) in [6.45, 7) is 27.7. The van der Waals surface area contributed by atoms with Gasteiger partial charge in [-0.3, -0.25) is 19.2 Å². The summed E-state index contributed by atoms with van der Waals surface area (Å²) in [5, 5.41) is -1.56. The van der Waals surface area contributed by atoms with E-state index in [9.17, 15) is 19.2 Å². The van der Waals surface area contributed by atoms with Crippen molar-refractivity contribution in [3.63, 3.8) is 0 Å². The third kappa shape index (κ3) is 11.4. The van der Waals surface area contributed by atoms with Gasteiger partial charge in [-0.2, -0.15) is 0 Å². The Bertz CT molecular complexity index is 951. The van der Waals surface area contributed by atoms with Crippen molar-refractivity contribution in [3.8, 4) is 0 Å². The monoisotopic (exact) mass is 686 g/mol. The van der Waals surface area contributed by atoms with Crippen molar-refractivity contribution < 1.29 is 54.0 Å². The first-order chi connectivity index (χ1) is 18.7. The van der Waals surface area contributed by atoms with Crippen LogP contribution in [-0.4, -0.2) is 77.1 Å². The van der Waals surface area contributed by atoms with Crippen molar-refractivity contribution in [2.24, 2.45) is 0 Å². The first-order valence-electron chi connectivity index (χ1n) is 14.3. The van der Waals surface area contributed by atoms with Gasteiger partial charge in [-0.1, -0.05) is 20.8 Å². The second kappa shape index (κ2) is 14.7. The number of rotatable bonds is 17. The van der Waals surface area contributed by atoms with Crippen LogP contribution >= 0.6 is 0 Å². The van der Waals surface area contributed by atoms with Crippen molar-refractivity contribution in [1.82, 2.24) is 0 Å². The van der Waals surface area contributed by atoms with Crippen LogP contribution in [0.2, 0.25) is 52.4 Å². The molecule has 0 saturated heterocycles. The molecule has 0 N–H and O–H groups in total. The van der Waals surface area contributed by atoms with E-state index in [1.807, 2.05) is 53.9 Å². The highest BCUT2D eigenvalue weighted by atomic mass is 28.5. The Kier molecular flexibility index (Phi) is 14.3. The van der Waals surface area contributed by atoms with E-state index in [2.05, 4.69) is 13.1 Å². The third-order valence-electron chi connectivity index (χ3n) is 7.30. The largest absolute Gasteiger partial charge is 0.623 e. The topological polar surface area (TPSA) is 142 Å². The minimum absolute atomic E-state index is 0.567. The van der Waals surface area contributed by atoms with E-state index in [0.29, 0.717) is 19.3 Å².